The molecule has 1 saturated heterocycles. The molecule has 96 valence electrons. The Labute approximate surface area is 103 Å². The number of ether oxygens (including phenoxy) is 1. The van der Waals surface area contributed by atoms with Crippen molar-refractivity contribution in [3.8, 4) is 0 Å². The van der Waals surface area contributed by atoms with Crippen molar-refractivity contribution in [3.63, 3.8) is 0 Å². The Morgan fingerprint density at radius 1 is 1.50 bits per heavy atom. The van der Waals surface area contributed by atoms with Crippen LogP contribution in [0.15, 0.2) is 23.0 Å². The standard InChI is InChI=1S/C13H15FN2O2/c14-10-4-1-5-11-12(10)15-13(17)16(11)7-9-3-2-6-18-8-9/h1,4-5,9H,2-3,6-8H2,(H,15,17). The summed E-state index contributed by atoms with van der Waals surface area (Å²) in [6, 6.07) is 4.74. The van der Waals surface area contributed by atoms with E-state index < -0.39 is 0 Å². The van der Waals surface area contributed by atoms with Gasteiger partial charge in [0.25, 0.3) is 0 Å². The summed E-state index contributed by atoms with van der Waals surface area (Å²) < 4.78 is 20.6. The molecular weight excluding hydrogens is 235 g/mol. The summed E-state index contributed by atoms with van der Waals surface area (Å²) in [6.07, 6.45) is 2.07. The molecule has 1 N–H and O–H groups in total. The minimum Gasteiger partial charge on any atom is -0.381 e. The van der Waals surface area contributed by atoms with Crippen molar-refractivity contribution in [1.29, 1.82) is 0 Å². The molecule has 0 saturated carbocycles. The number of nitrogens with zero attached hydrogens (tertiary/aromatic N) is 1. The Hall–Kier alpha value is -1.62. The van der Waals surface area contributed by atoms with Crippen molar-refractivity contribution in [2.24, 2.45) is 5.92 Å². The largest absolute Gasteiger partial charge is 0.381 e. The van der Waals surface area contributed by atoms with E-state index in [1.807, 2.05) is 0 Å². The molecule has 0 aliphatic carbocycles. The lowest BCUT2D eigenvalue weighted by atomic mass is 10.0. The van der Waals surface area contributed by atoms with Crippen molar-refractivity contribution in [2.45, 2.75) is 19.4 Å². The van der Waals surface area contributed by atoms with Crippen LogP contribution >= 0.6 is 0 Å². The zero-order chi connectivity index (χ0) is 12.5. The highest BCUT2D eigenvalue weighted by atomic mass is 19.1. The molecule has 0 bridgehead atoms. The monoisotopic (exact) mass is 250 g/mol. The van der Waals surface area contributed by atoms with Crippen molar-refractivity contribution in [1.82, 2.24) is 9.55 Å². The average molecular weight is 250 g/mol. The number of aromatic amines is 1. The second kappa shape index (κ2) is 4.57. The number of aromatic nitrogens is 2. The zero-order valence-electron chi connectivity index (χ0n) is 9.99. The SMILES string of the molecule is O=c1[nH]c2c(F)cccc2n1CC1CCCOC1. The van der Waals surface area contributed by atoms with Crippen LogP contribution in [0.25, 0.3) is 11.0 Å². The molecular formula is C13H15FN2O2. The molecule has 1 fully saturated rings. The van der Waals surface area contributed by atoms with E-state index >= 15 is 0 Å². The van der Waals surface area contributed by atoms with Gasteiger partial charge in [0.2, 0.25) is 0 Å². The first-order valence-corrected chi connectivity index (χ1v) is 6.20. The van der Waals surface area contributed by atoms with Gasteiger partial charge in [-0.2, -0.15) is 0 Å². The van der Waals surface area contributed by atoms with Crippen molar-refractivity contribution in [2.75, 3.05) is 13.2 Å². The maximum Gasteiger partial charge on any atom is 0.326 e. The van der Waals surface area contributed by atoms with E-state index in [2.05, 4.69) is 4.98 Å². The number of fused-ring (bicyclic) bond motifs is 1. The van der Waals surface area contributed by atoms with Gasteiger partial charge in [0.05, 0.1) is 12.1 Å². The molecule has 1 aliphatic heterocycles. The molecule has 1 unspecified atom stereocenters. The summed E-state index contributed by atoms with van der Waals surface area (Å²) in [5.74, 6) is -0.0537. The predicted molar refractivity (Wildman–Crippen MR) is 66.1 cm³/mol. The quantitative estimate of drug-likeness (QED) is 0.884. The Kier molecular flexibility index (Phi) is 2.91. The molecule has 1 aliphatic rings. The first kappa shape index (κ1) is 11.5. The van der Waals surface area contributed by atoms with Gasteiger partial charge >= 0.3 is 5.69 Å². The molecule has 1 aromatic heterocycles. The van der Waals surface area contributed by atoms with Crippen LogP contribution in [0, 0.1) is 11.7 Å². The lowest BCUT2D eigenvalue weighted by molar-refractivity contribution is 0.0485. The maximum absolute atomic E-state index is 13.5. The number of hydrogen-bond acceptors (Lipinski definition) is 2. The van der Waals surface area contributed by atoms with Crippen molar-refractivity contribution in [3.05, 3.63) is 34.5 Å². The van der Waals surface area contributed by atoms with E-state index in [0.29, 0.717) is 30.1 Å². The van der Waals surface area contributed by atoms with Gasteiger partial charge in [0.1, 0.15) is 11.3 Å². The summed E-state index contributed by atoms with van der Waals surface area (Å²) in [4.78, 5) is 14.4. The van der Waals surface area contributed by atoms with E-state index in [1.165, 1.54) is 6.07 Å². The number of imidazole rings is 1. The number of hydrogen-bond donors (Lipinski definition) is 1. The van der Waals surface area contributed by atoms with Crippen LogP contribution in [0.2, 0.25) is 0 Å². The third-order valence-corrected chi connectivity index (χ3v) is 3.45. The molecule has 5 heteroatoms. The predicted octanol–water partition coefficient (Wildman–Crippen LogP) is 1.90. The summed E-state index contributed by atoms with van der Waals surface area (Å²) in [6.45, 7) is 2.06. The van der Waals surface area contributed by atoms with Gasteiger partial charge in [0, 0.05) is 19.1 Å². The number of nitrogens with one attached hydrogen (secondary N) is 1. The van der Waals surface area contributed by atoms with Gasteiger partial charge < -0.3 is 9.72 Å². The topological polar surface area (TPSA) is 47.0 Å². The molecule has 0 spiro atoms. The molecule has 18 heavy (non-hydrogen) atoms. The second-order valence-corrected chi connectivity index (χ2v) is 4.76. The second-order valence-electron chi connectivity index (χ2n) is 4.76. The highest BCUT2D eigenvalue weighted by Gasteiger charge is 2.17. The summed E-state index contributed by atoms with van der Waals surface area (Å²) in [5.41, 5.74) is 0.672. The lowest BCUT2D eigenvalue weighted by Crippen LogP contribution is -2.27. The molecule has 3 rings (SSSR count). The fourth-order valence-corrected chi connectivity index (χ4v) is 2.54. The van der Waals surface area contributed by atoms with Gasteiger partial charge in [-0.05, 0) is 25.0 Å². The van der Waals surface area contributed by atoms with Crippen molar-refractivity contribution < 1.29 is 9.13 Å². The van der Waals surface area contributed by atoms with E-state index in [4.69, 9.17) is 4.74 Å². The summed E-state index contributed by atoms with van der Waals surface area (Å²) in [7, 11) is 0. The smallest absolute Gasteiger partial charge is 0.326 e. The lowest BCUT2D eigenvalue weighted by Gasteiger charge is -2.22. The third kappa shape index (κ3) is 1.95. The fraction of sp³-hybridized carbons (Fsp3) is 0.462. The van der Waals surface area contributed by atoms with E-state index in [9.17, 15) is 9.18 Å². The summed E-state index contributed by atoms with van der Waals surface area (Å²) in [5, 5.41) is 0. The van der Waals surface area contributed by atoms with Gasteiger partial charge in [-0.1, -0.05) is 6.07 Å². The number of H-pyrrole nitrogens is 1. The highest BCUT2D eigenvalue weighted by molar-refractivity contribution is 5.75. The van der Waals surface area contributed by atoms with Crippen LogP contribution < -0.4 is 5.69 Å². The normalized spacial score (nSPS) is 20.4. The van der Waals surface area contributed by atoms with Crippen molar-refractivity contribution >= 4 is 11.0 Å². The van der Waals surface area contributed by atoms with Gasteiger partial charge in [-0.15, -0.1) is 0 Å². The minimum atomic E-state index is -0.386. The molecule has 1 atom stereocenters. The Bertz CT molecular complexity index is 611. The minimum absolute atomic E-state index is 0.249. The molecule has 2 heterocycles. The van der Waals surface area contributed by atoms with E-state index in [0.717, 1.165) is 19.4 Å². The van der Waals surface area contributed by atoms with Crippen LogP contribution in [0.1, 0.15) is 12.8 Å². The number of para-hydroxylation sites is 1. The average Bonchev–Trinajstić information content (AvgIpc) is 2.70. The molecule has 1 aromatic carbocycles. The first-order valence-electron chi connectivity index (χ1n) is 6.20. The highest BCUT2D eigenvalue weighted by Crippen LogP contribution is 2.19. The Morgan fingerprint density at radius 3 is 3.17 bits per heavy atom. The van der Waals surface area contributed by atoms with Crippen LogP contribution in [-0.4, -0.2) is 22.8 Å². The van der Waals surface area contributed by atoms with Crippen LogP contribution in [0.4, 0.5) is 4.39 Å². The fourth-order valence-electron chi connectivity index (χ4n) is 2.54. The molecule has 0 radical (unpaired) electrons. The van der Waals surface area contributed by atoms with Gasteiger partial charge in [-0.3, -0.25) is 4.57 Å². The number of rotatable bonds is 2. The van der Waals surface area contributed by atoms with E-state index in [1.54, 1.807) is 16.7 Å². The Morgan fingerprint density at radius 2 is 2.39 bits per heavy atom. The van der Waals surface area contributed by atoms with Crippen LogP contribution in [0.3, 0.4) is 0 Å². The first-order chi connectivity index (χ1) is 8.75. The van der Waals surface area contributed by atoms with Crippen LogP contribution in [-0.2, 0) is 11.3 Å². The third-order valence-electron chi connectivity index (χ3n) is 3.45. The number of halogens is 1. The maximum atomic E-state index is 13.5. The van der Waals surface area contributed by atoms with Crippen LogP contribution in [0.5, 0.6) is 0 Å². The number of benzene rings is 1. The Balaban J connectivity index is 1.98. The van der Waals surface area contributed by atoms with Gasteiger partial charge in [-0.25, -0.2) is 9.18 Å². The molecule has 4 nitrogen and oxygen atoms in total. The van der Waals surface area contributed by atoms with E-state index in [-0.39, 0.29) is 11.5 Å². The summed E-state index contributed by atoms with van der Waals surface area (Å²) >= 11 is 0. The molecule has 0 amide bonds. The zero-order valence-corrected chi connectivity index (χ0v) is 9.99. The van der Waals surface area contributed by atoms with Gasteiger partial charge in [0.15, 0.2) is 0 Å². The molecule has 2 aromatic rings.